The second-order valence-electron chi connectivity index (χ2n) is 4.42. The standard InChI is InChI=1S/C13H15FN2O5/c1-16(7-8-2-4-9(14)5-3-8)13(21)15-10(12(19)20)6-11(17)18/h2-5,10H,6-7H2,1H3,(H,15,21)(H,17,18)(H,19,20). The van der Waals surface area contributed by atoms with Gasteiger partial charge in [0.05, 0.1) is 6.42 Å². The predicted molar refractivity (Wildman–Crippen MR) is 70.1 cm³/mol. The molecule has 114 valence electrons. The Morgan fingerprint density at radius 1 is 1.24 bits per heavy atom. The van der Waals surface area contributed by atoms with E-state index in [4.69, 9.17) is 10.2 Å². The van der Waals surface area contributed by atoms with Gasteiger partial charge in [0.25, 0.3) is 0 Å². The molecule has 0 aliphatic carbocycles. The lowest BCUT2D eigenvalue weighted by Crippen LogP contribution is -2.47. The number of carboxylic acids is 2. The monoisotopic (exact) mass is 298 g/mol. The largest absolute Gasteiger partial charge is 0.481 e. The Balaban J connectivity index is 2.62. The van der Waals surface area contributed by atoms with Crippen LogP contribution in [0.4, 0.5) is 9.18 Å². The van der Waals surface area contributed by atoms with Gasteiger partial charge in [0, 0.05) is 13.6 Å². The van der Waals surface area contributed by atoms with Gasteiger partial charge in [-0.1, -0.05) is 12.1 Å². The van der Waals surface area contributed by atoms with Gasteiger partial charge < -0.3 is 20.4 Å². The number of halogens is 1. The van der Waals surface area contributed by atoms with Gasteiger partial charge in [-0.2, -0.15) is 0 Å². The summed E-state index contributed by atoms with van der Waals surface area (Å²) in [5, 5.41) is 19.5. The van der Waals surface area contributed by atoms with Gasteiger partial charge in [0.1, 0.15) is 11.9 Å². The average molecular weight is 298 g/mol. The number of carbonyl (C=O) groups is 3. The summed E-state index contributed by atoms with van der Waals surface area (Å²) in [5.74, 6) is -3.16. The summed E-state index contributed by atoms with van der Waals surface area (Å²) in [4.78, 5) is 34.3. The van der Waals surface area contributed by atoms with Crippen molar-refractivity contribution in [1.82, 2.24) is 10.2 Å². The smallest absolute Gasteiger partial charge is 0.326 e. The van der Waals surface area contributed by atoms with Crippen molar-refractivity contribution in [2.45, 2.75) is 19.0 Å². The van der Waals surface area contributed by atoms with Crippen LogP contribution in [0.2, 0.25) is 0 Å². The summed E-state index contributed by atoms with van der Waals surface area (Å²) >= 11 is 0. The first-order valence-corrected chi connectivity index (χ1v) is 6.00. The molecule has 0 aliphatic rings. The highest BCUT2D eigenvalue weighted by Gasteiger charge is 2.24. The molecular weight excluding hydrogens is 283 g/mol. The molecule has 1 unspecified atom stereocenters. The zero-order valence-corrected chi connectivity index (χ0v) is 11.2. The summed E-state index contributed by atoms with van der Waals surface area (Å²) in [6, 6.07) is 3.23. The fraction of sp³-hybridized carbons (Fsp3) is 0.308. The summed E-state index contributed by atoms with van der Waals surface area (Å²) in [7, 11) is 1.42. The molecule has 0 spiro atoms. The number of amides is 2. The van der Waals surface area contributed by atoms with E-state index in [9.17, 15) is 18.8 Å². The first-order chi connectivity index (χ1) is 9.79. The molecule has 8 heteroatoms. The first-order valence-electron chi connectivity index (χ1n) is 6.00. The fourth-order valence-corrected chi connectivity index (χ4v) is 1.57. The van der Waals surface area contributed by atoms with E-state index in [0.29, 0.717) is 5.56 Å². The van der Waals surface area contributed by atoms with Crippen LogP contribution in [0, 0.1) is 5.82 Å². The third kappa shape index (κ3) is 5.47. The Bertz CT molecular complexity index is 532. The van der Waals surface area contributed by atoms with Crippen LogP contribution in [0.25, 0.3) is 0 Å². The van der Waals surface area contributed by atoms with Gasteiger partial charge in [-0.3, -0.25) is 4.79 Å². The van der Waals surface area contributed by atoms with E-state index < -0.39 is 36.2 Å². The number of benzene rings is 1. The molecule has 0 aliphatic heterocycles. The summed E-state index contributed by atoms with van der Waals surface area (Å²) in [6.45, 7) is 0.130. The number of nitrogens with zero attached hydrogens (tertiary/aromatic N) is 1. The lowest BCUT2D eigenvalue weighted by molar-refractivity contribution is -0.145. The van der Waals surface area contributed by atoms with Crippen molar-refractivity contribution >= 4 is 18.0 Å². The highest BCUT2D eigenvalue weighted by atomic mass is 19.1. The Hall–Kier alpha value is -2.64. The molecule has 3 N–H and O–H groups in total. The number of urea groups is 1. The van der Waals surface area contributed by atoms with Crippen LogP contribution >= 0.6 is 0 Å². The highest BCUT2D eigenvalue weighted by Crippen LogP contribution is 2.06. The molecule has 1 aromatic carbocycles. The fourth-order valence-electron chi connectivity index (χ4n) is 1.57. The van der Waals surface area contributed by atoms with Crippen molar-refractivity contribution in [2.75, 3.05) is 7.05 Å². The summed E-state index contributed by atoms with van der Waals surface area (Å²) in [6.07, 6.45) is -0.717. The first kappa shape index (κ1) is 16.4. The minimum Gasteiger partial charge on any atom is -0.481 e. The maximum atomic E-state index is 12.8. The van der Waals surface area contributed by atoms with Crippen LogP contribution < -0.4 is 5.32 Å². The zero-order chi connectivity index (χ0) is 16.0. The molecule has 1 atom stereocenters. The van der Waals surface area contributed by atoms with E-state index in [2.05, 4.69) is 5.32 Å². The molecule has 1 aromatic rings. The van der Waals surface area contributed by atoms with Crippen LogP contribution in [0.5, 0.6) is 0 Å². The van der Waals surface area contributed by atoms with Crippen molar-refractivity contribution in [3.8, 4) is 0 Å². The maximum Gasteiger partial charge on any atom is 0.326 e. The van der Waals surface area contributed by atoms with Gasteiger partial charge in [0.15, 0.2) is 0 Å². The topological polar surface area (TPSA) is 107 Å². The Morgan fingerprint density at radius 3 is 2.29 bits per heavy atom. The SMILES string of the molecule is CN(Cc1ccc(F)cc1)C(=O)NC(CC(=O)O)C(=O)O. The van der Waals surface area contributed by atoms with E-state index in [1.165, 1.54) is 36.2 Å². The Labute approximate surface area is 120 Å². The number of hydrogen-bond donors (Lipinski definition) is 3. The van der Waals surface area contributed by atoms with Gasteiger partial charge in [-0.15, -0.1) is 0 Å². The number of carbonyl (C=O) groups excluding carboxylic acids is 1. The molecule has 1 rings (SSSR count). The van der Waals surface area contributed by atoms with Gasteiger partial charge in [-0.25, -0.2) is 14.0 Å². The van der Waals surface area contributed by atoms with Gasteiger partial charge in [-0.05, 0) is 17.7 Å². The predicted octanol–water partition coefficient (Wildman–Crippen LogP) is 0.895. The maximum absolute atomic E-state index is 12.8. The zero-order valence-electron chi connectivity index (χ0n) is 11.2. The molecule has 2 amide bonds. The summed E-state index contributed by atoms with van der Waals surface area (Å²) in [5.41, 5.74) is 0.652. The number of aliphatic carboxylic acids is 2. The van der Waals surface area contributed by atoms with Gasteiger partial charge >= 0.3 is 18.0 Å². The Morgan fingerprint density at radius 2 is 1.81 bits per heavy atom. The molecule has 0 saturated heterocycles. The van der Waals surface area contributed by atoms with E-state index in [-0.39, 0.29) is 6.54 Å². The van der Waals surface area contributed by atoms with Crippen molar-refractivity contribution < 1.29 is 29.0 Å². The molecule has 0 fully saturated rings. The third-order valence-electron chi connectivity index (χ3n) is 2.65. The lowest BCUT2D eigenvalue weighted by atomic mass is 10.2. The van der Waals surface area contributed by atoms with E-state index in [1.807, 2.05) is 0 Å². The van der Waals surface area contributed by atoms with E-state index in [0.717, 1.165) is 0 Å². The minimum absolute atomic E-state index is 0.130. The van der Waals surface area contributed by atoms with Crippen LogP contribution in [-0.4, -0.2) is 46.2 Å². The highest BCUT2D eigenvalue weighted by molar-refractivity contribution is 5.86. The van der Waals surface area contributed by atoms with Crippen LogP contribution in [0.15, 0.2) is 24.3 Å². The molecule has 0 heterocycles. The molecule has 0 radical (unpaired) electrons. The van der Waals surface area contributed by atoms with E-state index in [1.54, 1.807) is 0 Å². The van der Waals surface area contributed by atoms with Crippen LogP contribution in [0.1, 0.15) is 12.0 Å². The number of hydrogen-bond acceptors (Lipinski definition) is 3. The van der Waals surface area contributed by atoms with Crippen molar-refractivity contribution in [3.05, 3.63) is 35.6 Å². The normalized spacial score (nSPS) is 11.5. The quantitative estimate of drug-likeness (QED) is 0.723. The second kappa shape index (κ2) is 7.22. The van der Waals surface area contributed by atoms with E-state index >= 15 is 0 Å². The molecule has 0 saturated carbocycles. The molecule has 0 bridgehead atoms. The average Bonchev–Trinajstić information content (AvgIpc) is 2.39. The molecule has 7 nitrogen and oxygen atoms in total. The molecule has 0 aromatic heterocycles. The van der Waals surface area contributed by atoms with Crippen LogP contribution in [-0.2, 0) is 16.1 Å². The number of rotatable bonds is 6. The lowest BCUT2D eigenvalue weighted by Gasteiger charge is -2.20. The summed E-state index contributed by atoms with van der Waals surface area (Å²) < 4.78 is 12.8. The Kier molecular flexibility index (Phi) is 5.65. The van der Waals surface area contributed by atoms with Gasteiger partial charge in [0.2, 0.25) is 0 Å². The van der Waals surface area contributed by atoms with Crippen molar-refractivity contribution in [1.29, 1.82) is 0 Å². The number of nitrogens with one attached hydrogen (secondary N) is 1. The minimum atomic E-state index is -1.51. The second-order valence-corrected chi connectivity index (χ2v) is 4.42. The number of carboxylic acid groups (broad SMARTS) is 2. The van der Waals surface area contributed by atoms with Crippen molar-refractivity contribution in [2.24, 2.45) is 0 Å². The molecule has 21 heavy (non-hydrogen) atoms. The third-order valence-corrected chi connectivity index (χ3v) is 2.65. The van der Waals surface area contributed by atoms with Crippen molar-refractivity contribution in [3.63, 3.8) is 0 Å². The van der Waals surface area contributed by atoms with Crippen LogP contribution in [0.3, 0.4) is 0 Å². The molecular formula is C13H15FN2O5.